The Morgan fingerprint density at radius 1 is 1.20 bits per heavy atom. The molecule has 1 N–H and O–H groups in total. The van der Waals surface area contributed by atoms with Gasteiger partial charge < -0.3 is 19.3 Å². The lowest BCUT2D eigenvalue weighted by Gasteiger charge is -2.08. The van der Waals surface area contributed by atoms with Crippen molar-refractivity contribution in [3.8, 4) is 0 Å². The Morgan fingerprint density at radius 2 is 2.03 bits per heavy atom. The highest BCUT2D eigenvalue weighted by molar-refractivity contribution is 7.17. The van der Waals surface area contributed by atoms with Gasteiger partial charge in [-0.25, -0.2) is 4.79 Å². The summed E-state index contributed by atoms with van der Waals surface area (Å²) < 4.78 is 15.4. The van der Waals surface area contributed by atoms with E-state index < -0.39 is 24.5 Å². The van der Waals surface area contributed by atoms with Crippen LogP contribution in [0.1, 0.15) is 39.8 Å². The number of benzene rings is 1. The Labute approximate surface area is 176 Å². The summed E-state index contributed by atoms with van der Waals surface area (Å²) >= 11 is 1.37. The van der Waals surface area contributed by atoms with Gasteiger partial charge in [0.1, 0.15) is 10.7 Å². The van der Waals surface area contributed by atoms with E-state index in [4.69, 9.17) is 14.0 Å². The number of aryl methyl sites for hydroxylation is 1. The summed E-state index contributed by atoms with van der Waals surface area (Å²) in [5, 5.41) is 7.75. The van der Waals surface area contributed by atoms with Gasteiger partial charge in [0.05, 0.1) is 18.6 Å². The summed E-state index contributed by atoms with van der Waals surface area (Å²) in [7, 11) is 0. The van der Waals surface area contributed by atoms with E-state index in [-0.39, 0.29) is 13.0 Å². The Bertz CT molecular complexity index is 1120. The summed E-state index contributed by atoms with van der Waals surface area (Å²) in [5.74, 6) is -1.55. The van der Waals surface area contributed by atoms with Crippen LogP contribution in [0.15, 0.2) is 28.8 Å². The first-order valence-electron chi connectivity index (χ1n) is 9.67. The predicted molar refractivity (Wildman–Crippen MR) is 110 cm³/mol. The number of hydrogen-bond donors (Lipinski definition) is 1. The van der Waals surface area contributed by atoms with Crippen LogP contribution in [0, 0.1) is 0 Å². The molecule has 0 saturated heterocycles. The smallest absolute Gasteiger partial charge is 0.341 e. The molecule has 1 aliphatic rings. The first-order chi connectivity index (χ1) is 14.6. The molecule has 9 heteroatoms. The number of rotatable bonds is 7. The molecule has 156 valence electrons. The lowest BCUT2D eigenvalue weighted by molar-refractivity contribution is -0.146. The van der Waals surface area contributed by atoms with Crippen molar-refractivity contribution in [3.63, 3.8) is 0 Å². The second-order valence-corrected chi connectivity index (χ2v) is 7.90. The van der Waals surface area contributed by atoms with Crippen LogP contribution in [0.3, 0.4) is 0 Å². The third kappa shape index (κ3) is 4.06. The number of ether oxygens (including phenoxy) is 2. The topological polar surface area (TPSA) is 108 Å². The van der Waals surface area contributed by atoms with Gasteiger partial charge in [-0.1, -0.05) is 17.3 Å². The average molecular weight is 428 g/mol. The summed E-state index contributed by atoms with van der Waals surface area (Å²) in [6.45, 7) is 1.53. The van der Waals surface area contributed by atoms with E-state index in [1.165, 1.54) is 11.3 Å². The number of carbonyl (C=O) groups is 3. The van der Waals surface area contributed by atoms with Gasteiger partial charge in [0.15, 0.2) is 12.2 Å². The van der Waals surface area contributed by atoms with Gasteiger partial charge in [-0.2, -0.15) is 0 Å². The minimum absolute atomic E-state index is 0.105. The molecule has 2 aromatic heterocycles. The number of para-hydroxylation sites is 1. The molecule has 1 aromatic carbocycles. The van der Waals surface area contributed by atoms with Crippen molar-refractivity contribution in [1.29, 1.82) is 0 Å². The van der Waals surface area contributed by atoms with Crippen molar-refractivity contribution < 1.29 is 28.4 Å². The van der Waals surface area contributed by atoms with Crippen molar-refractivity contribution in [2.24, 2.45) is 0 Å². The molecule has 0 fully saturated rings. The summed E-state index contributed by atoms with van der Waals surface area (Å²) in [5.41, 5.74) is 2.40. The number of thiophene rings is 1. The maximum atomic E-state index is 12.4. The number of nitrogens with one attached hydrogen (secondary N) is 1. The van der Waals surface area contributed by atoms with Crippen LogP contribution in [0.5, 0.6) is 0 Å². The number of esters is 2. The normalized spacial score (nSPS) is 12.6. The molecule has 0 unspecified atom stereocenters. The molecule has 0 saturated carbocycles. The van der Waals surface area contributed by atoms with Gasteiger partial charge in [-0.3, -0.25) is 9.59 Å². The van der Waals surface area contributed by atoms with Gasteiger partial charge in [0.25, 0.3) is 5.91 Å². The third-order valence-corrected chi connectivity index (χ3v) is 5.99. The Balaban J connectivity index is 1.37. The lowest BCUT2D eigenvalue weighted by atomic mass is 10.1. The monoisotopic (exact) mass is 428 g/mol. The molecular formula is C21H20N2O6S. The number of anilines is 1. The Kier molecular flexibility index (Phi) is 5.80. The highest BCUT2D eigenvalue weighted by Crippen LogP contribution is 2.39. The number of nitrogens with zero attached hydrogens (tertiary/aromatic N) is 1. The molecule has 0 aliphatic heterocycles. The SMILES string of the molecule is CCOC(=O)c1c(NC(=O)COC(=O)Cc2noc3ccccc23)sc2c1CCC2. The molecule has 1 aliphatic carbocycles. The summed E-state index contributed by atoms with van der Waals surface area (Å²) in [6.07, 6.45) is 2.54. The van der Waals surface area contributed by atoms with Crippen molar-refractivity contribution >= 4 is 45.2 Å². The zero-order valence-corrected chi connectivity index (χ0v) is 17.2. The van der Waals surface area contributed by atoms with Crippen molar-refractivity contribution in [3.05, 3.63) is 46.0 Å². The van der Waals surface area contributed by atoms with Gasteiger partial charge >= 0.3 is 11.9 Å². The van der Waals surface area contributed by atoms with Crippen LogP contribution in [-0.4, -0.2) is 36.2 Å². The summed E-state index contributed by atoms with van der Waals surface area (Å²) in [6, 6.07) is 7.18. The molecule has 3 aromatic rings. The maximum absolute atomic E-state index is 12.4. The predicted octanol–water partition coefficient (Wildman–Crippen LogP) is 3.28. The van der Waals surface area contributed by atoms with E-state index in [2.05, 4.69) is 10.5 Å². The van der Waals surface area contributed by atoms with Gasteiger partial charge in [-0.05, 0) is 43.9 Å². The van der Waals surface area contributed by atoms with Crippen LogP contribution < -0.4 is 5.32 Å². The summed E-state index contributed by atoms with van der Waals surface area (Å²) in [4.78, 5) is 37.9. The van der Waals surface area contributed by atoms with Crippen molar-refractivity contribution in [2.75, 3.05) is 18.5 Å². The van der Waals surface area contributed by atoms with Gasteiger partial charge in [-0.15, -0.1) is 11.3 Å². The van der Waals surface area contributed by atoms with Crippen LogP contribution in [0.4, 0.5) is 5.00 Å². The minimum atomic E-state index is -0.594. The highest BCUT2D eigenvalue weighted by atomic mass is 32.1. The fourth-order valence-corrected chi connectivity index (χ4v) is 4.77. The number of fused-ring (bicyclic) bond motifs is 2. The lowest BCUT2D eigenvalue weighted by Crippen LogP contribution is -2.22. The van der Waals surface area contributed by atoms with E-state index in [9.17, 15) is 14.4 Å². The number of hydrogen-bond acceptors (Lipinski definition) is 8. The third-order valence-electron chi connectivity index (χ3n) is 4.78. The van der Waals surface area contributed by atoms with Crippen LogP contribution in [0.2, 0.25) is 0 Å². The fraction of sp³-hybridized carbons (Fsp3) is 0.333. The standard InChI is InChI=1S/C21H20N2O6S/c1-2-27-21(26)19-13-7-5-9-16(13)30-20(19)22-17(24)11-28-18(25)10-14-12-6-3-4-8-15(12)29-23-14/h3-4,6,8H,2,5,7,9-11H2,1H3,(H,22,24). The first kappa shape index (κ1) is 20.1. The van der Waals surface area contributed by atoms with E-state index >= 15 is 0 Å². The highest BCUT2D eigenvalue weighted by Gasteiger charge is 2.28. The average Bonchev–Trinajstić information content (AvgIpc) is 3.41. The Morgan fingerprint density at radius 3 is 2.87 bits per heavy atom. The second kappa shape index (κ2) is 8.66. The molecule has 2 heterocycles. The van der Waals surface area contributed by atoms with E-state index in [0.29, 0.717) is 21.8 Å². The minimum Gasteiger partial charge on any atom is -0.462 e. The first-order valence-corrected chi connectivity index (χ1v) is 10.5. The molecule has 1 amide bonds. The zero-order chi connectivity index (χ0) is 21.1. The van der Waals surface area contributed by atoms with E-state index in [1.54, 1.807) is 19.1 Å². The molecular weight excluding hydrogens is 408 g/mol. The Hall–Kier alpha value is -3.20. The van der Waals surface area contributed by atoms with Crippen molar-refractivity contribution in [1.82, 2.24) is 5.16 Å². The zero-order valence-electron chi connectivity index (χ0n) is 16.4. The van der Waals surface area contributed by atoms with E-state index in [1.807, 2.05) is 12.1 Å². The van der Waals surface area contributed by atoms with Gasteiger partial charge in [0.2, 0.25) is 0 Å². The quantitative estimate of drug-likeness (QED) is 0.575. The van der Waals surface area contributed by atoms with E-state index in [0.717, 1.165) is 35.1 Å². The molecule has 4 rings (SSSR count). The molecule has 0 bridgehead atoms. The number of aromatic nitrogens is 1. The number of amides is 1. The maximum Gasteiger partial charge on any atom is 0.341 e. The van der Waals surface area contributed by atoms with Crippen molar-refractivity contribution in [2.45, 2.75) is 32.6 Å². The van der Waals surface area contributed by atoms with Crippen LogP contribution in [-0.2, 0) is 38.3 Å². The molecule has 0 spiro atoms. The molecule has 0 atom stereocenters. The second-order valence-electron chi connectivity index (χ2n) is 6.79. The van der Waals surface area contributed by atoms with Crippen LogP contribution in [0.25, 0.3) is 11.0 Å². The van der Waals surface area contributed by atoms with Gasteiger partial charge in [0, 0.05) is 10.3 Å². The fourth-order valence-electron chi connectivity index (χ4n) is 3.47. The molecule has 0 radical (unpaired) electrons. The molecule has 8 nitrogen and oxygen atoms in total. The van der Waals surface area contributed by atoms with Crippen LogP contribution >= 0.6 is 11.3 Å². The number of carbonyl (C=O) groups excluding carboxylic acids is 3. The largest absolute Gasteiger partial charge is 0.462 e. The molecule has 30 heavy (non-hydrogen) atoms.